The van der Waals surface area contributed by atoms with Crippen LogP contribution in [0.5, 0.6) is 0 Å². The van der Waals surface area contributed by atoms with Crippen molar-refractivity contribution in [1.82, 2.24) is 4.72 Å². The molecule has 0 aliphatic rings. The fraction of sp³-hybridized carbons (Fsp3) is 0.217. The van der Waals surface area contributed by atoms with E-state index in [0.29, 0.717) is 23.3 Å². The van der Waals surface area contributed by atoms with Crippen LogP contribution in [-0.2, 0) is 27.6 Å². The fourth-order valence-corrected chi connectivity index (χ4v) is 4.40. The lowest BCUT2D eigenvalue weighted by Crippen LogP contribution is -2.24. The van der Waals surface area contributed by atoms with E-state index in [1.807, 2.05) is 42.5 Å². The molecule has 0 spiro atoms. The van der Waals surface area contributed by atoms with Crippen LogP contribution in [-0.4, -0.2) is 39.6 Å². The number of Topliss-reactive ketones (excluding diaryl/α,β-unsaturated/α-hetero) is 1. The van der Waals surface area contributed by atoms with Gasteiger partial charge in [0.05, 0.1) is 16.7 Å². The van der Waals surface area contributed by atoms with Crippen LogP contribution in [0, 0.1) is 0 Å². The Morgan fingerprint density at radius 2 is 1.68 bits per heavy atom. The summed E-state index contributed by atoms with van der Waals surface area (Å²) in [6.07, 6.45) is 2.18. The number of esters is 1. The molecule has 0 bridgehead atoms. The van der Waals surface area contributed by atoms with Gasteiger partial charge in [-0.3, -0.25) is 4.79 Å². The summed E-state index contributed by atoms with van der Waals surface area (Å²) in [6.45, 7) is -0.0831. The summed E-state index contributed by atoms with van der Waals surface area (Å²) in [5.74, 6) is -0.824. The third-order valence-corrected chi connectivity index (χ3v) is 6.40. The highest BCUT2D eigenvalue weighted by Crippen LogP contribution is 2.19. The first-order valence-electron chi connectivity index (χ1n) is 9.67. The average Bonchev–Trinajstić information content (AvgIpc) is 3.21. The standard InChI is InChI=1S/C23H23NO5S2/c1-31(27,28)24-14-13-19-11-12-22(30-19)21(25)16-29-23(26)20-10-6-5-9-18(20)15-17-7-3-2-4-8-17/h2-12,24H,13-16H2,1H3. The molecular formula is C23H23NO5S2. The summed E-state index contributed by atoms with van der Waals surface area (Å²) >= 11 is 1.27. The zero-order valence-electron chi connectivity index (χ0n) is 17.0. The van der Waals surface area contributed by atoms with E-state index in [1.165, 1.54) is 11.3 Å². The predicted octanol–water partition coefficient (Wildman–Crippen LogP) is 3.47. The second kappa shape index (κ2) is 10.5. The fourth-order valence-electron chi connectivity index (χ4n) is 2.99. The number of benzene rings is 2. The summed E-state index contributed by atoms with van der Waals surface area (Å²) in [6, 6.07) is 20.5. The van der Waals surface area contributed by atoms with Crippen LogP contribution in [0.2, 0.25) is 0 Å². The van der Waals surface area contributed by atoms with Crippen molar-refractivity contribution in [2.75, 3.05) is 19.4 Å². The Morgan fingerprint density at radius 1 is 0.968 bits per heavy atom. The van der Waals surface area contributed by atoms with Crippen molar-refractivity contribution in [3.05, 3.63) is 93.2 Å². The Labute approximate surface area is 185 Å². The maximum absolute atomic E-state index is 12.6. The number of thiophene rings is 1. The van der Waals surface area contributed by atoms with Crippen molar-refractivity contribution in [1.29, 1.82) is 0 Å². The molecule has 162 valence electrons. The minimum absolute atomic E-state index is 0.264. The van der Waals surface area contributed by atoms with Crippen LogP contribution in [0.15, 0.2) is 66.7 Å². The van der Waals surface area contributed by atoms with E-state index in [0.717, 1.165) is 22.3 Å². The quantitative estimate of drug-likeness (QED) is 0.372. The number of ketones is 1. The number of hydrogen-bond acceptors (Lipinski definition) is 6. The zero-order chi connectivity index (χ0) is 22.3. The molecule has 2 aromatic carbocycles. The molecule has 3 rings (SSSR count). The topological polar surface area (TPSA) is 89.5 Å². The first kappa shape index (κ1) is 22.9. The molecule has 0 saturated heterocycles. The molecule has 6 nitrogen and oxygen atoms in total. The van der Waals surface area contributed by atoms with E-state index in [2.05, 4.69) is 4.72 Å². The molecule has 0 aliphatic heterocycles. The summed E-state index contributed by atoms with van der Waals surface area (Å²) in [4.78, 5) is 26.4. The number of rotatable bonds is 10. The molecule has 1 heterocycles. The van der Waals surface area contributed by atoms with Gasteiger partial charge < -0.3 is 4.74 Å². The first-order chi connectivity index (χ1) is 14.8. The lowest BCUT2D eigenvalue weighted by Gasteiger charge is -2.09. The molecular weight excluding hydrogens is 434 g/mol. The molecule has 0 saturated carbocycles. The van der Waals surface area contributed by atoms with E-state index >= 15 is 0 Å². The number of carbonyl (C=O) groups excluding carboxylic acids is 2. The van der Waals surface area contributed by atoms with Crippen molar-refractivity contribution in [3.8, 4) is 0 Å². The molecule has 1 N–H and O–H groups in total. The molecule has 0 amide bonds. The van der Waals surface area contributed by atoms with Crippen molar-refractivity contribution >= 4 is 33.1 Å². The number of nitrogens with one attached hydrogen (secondary N) is 1. The van der Waals surface area contributed by atoms with Gasteiger partial charge in [0.1, 0.15) is 0 Å². The van der Waals surface area contributed by atoms with Crippen LogP contribution in [0.1, 0.15) is 36.0 Å². The minimum atomic E-state index is -3.24. The maximum Gasteiger partial charge on any atom is 0.338 e. The summed E-state index contributed by atoms with van der Waals surface area (Å²) < 4.78 is 29.9. The largest absolute Gasteiger partial charge is 0.454 e. The van der Waals surface area contributed by atoms with Crippen LogP contribution >= 0.6 is 11.3 Å². The summed E-state index contributed by atoms with van der Waals surface area (Å²) in [5.41, 5.74) is 2.36. The van der Waals surface area contributed by atoms with Gasteiger partial charge in [-0.05, 0) is 42.2 Å². The Kier molecular flexibility index (Phi) is 7.73. The molecule has 3 aromatic rings. The zero-order valence-corrected chi connectivity index (χ0v) is 18.7. The molecule has 0 fully saturated rings. The van der Waals surface area contributed by atoms with Crippen molar-refractivity contribution in [2.45, 2.75) is 12.8 Å². The van der Waals surface area contributed by atoms with Crippen molar-refractivity contribution in [3.63, 3.8) is 0 Å². The summed E-state index contributed by atoms with van der Waals surface area (Å²) in [7, 11) is -3.24. The third-order valence-electron chi connectivity index (χ3n) is 4.48. The molecule has 0 radical (unpaired) electrons. The van der Waals surface area contributed by atoms with Crippen LogP contribution in [0.3, 0.4) is 0 Å². The highest BCUT2D eigenvalue weighted by molar-refractivity contribution is 7.88. The van der Waals surface area contributed by atoms with E-state index in [4.69, 9.17) is 4.74 Å². The van der Waals surface area contributed by atoms with Gasteiger partial charge in [0.15, 0.2) is 6.61 Å². The second-order valence-electron chi connectivity index (χ2n) is 7.00. The molecule has 31 heavy (non-hydrogen) atoms. The smallest absolute Gasteiger partial charge is 0.338 e. The van der Waals surface area contributed by atoms with Crippen LogP contribution in [0.25, 0.3) is 0 Å². The number of ether oxygens (including phenoxy) is 1. The number of hydrogen-bond donors (Lipinski definition) is 1. The van der Waals surface area contributed by atoms with Gasteiger partial charge in [-0.2, -0.15) is 0 Å². The van der Waals surface area contributed by atoms with Gasteiger partial charge in [0, 0.05) is 11.4 Å². The SMILES string of the molecule is CS(=O)(=O)NCCc1ccc(C(=O)COC(=O)c2ccccc2Cc2ccccc2)s1. The lowest BCUT2D eigenvalue weighted by atomic mass is 10.00. The normalized spacial score (nSPS) is 11.3. The Bertz CT molecular complexity index is 1150. The van der Waals surface area contributed by atoms with Gasteiger partial charge >= 0.3 is 5.97 Å². The van der Waals surface area contributed by atoms with Crippen molar-refractivity contribution < 1.29 is 22.7 Å². The second-order valence-corrected chi connectivity index (χ2v) is 10.0. The molecule has 0 aliphatic carbocycles. The average molecular weight is 458 g/mol. The molecule has 0 atom stereocenters. The Morgan fingerprint density at radius 3 is 2.42 bits per heavy atom. The number of carbonyl (C=O) groups is 2. The molecule has 1 aromatic heterocycles. The maximum atomic E-state index is 12.6. The third kappa shape index (κ3) is 7.13. The summed E-state index contributed by atoms with van der Waals surface area (Å²) in [5, 5.41) is 0. The van der Waals surface area contributed by atoms with Gasteiger partial charge in [0.25, 0.3) is 0 Å². The van der Waals surface area contributed by atoms with Crippen molar-refractivity contribution in [2.24, 2.45) is 0 Å². The molecule has 8 heteroatoms. The highest BCUT2D eigenvalue weighted by atomic mass is 32.2. The van der Waals surface area contributed by atoms with Crippen LogP contribution < -0.4 is 4.72 Å². The lowest BCUT2D eigenvalue weighted by molar-refractivity contribution is 0.0475. The monoisotopic (exact) mass is 457 g/mol. The minimum Gasteiger partial charge on any atom is -0.454 e. The molecule has 0 unspecified atom stereocenters. The van der Waals surface area contributed by atoms with Gasteiger partial charge in [-0.1, -0.05) is 48.5 Å². The van der Waals surface area contributed by atoms with E-state index in [-0.39, 0.29) is 18.9 Å². The van der Waals surface area contributed by atoms with E-state index in [1.54, 1.807) is 24.3 Å². The Balaban J connectivity index is 1.57. The van der Waals surface area contributed by atoms with Gasteiger partial charge in [0.2, 0.25) is 15.8 Å². The highest BCUT2D eigenvalue weighted by Gasteiger charge is 2.16. The predicted molar refractivity (Wildman–Crippen MR) is 121 cm³/mol. The van der Waals surface area contributed by atoms with Crippen LogP contribution in [0.4, 0.5) is 0 Å². The van der Waals surface area contributed by atoms with Gasteiger partial charge in [-0.25, -0.2) is 17.9 Å². The Hall–Kier alpha value is -2.81. The van der Waals surface area contributed by atoms with E-state index < -0.39 is 16.0 Å². The number of sulfonamides is 1. The first-order valence-corrected chi connectivity index (χ1v) is 12.4. The van der Waals surface area contributed by atoms with Gasteiger partial charge in [-0.15, -0.1) is 11.3 Å². The van der Waals surface area contributed by atoms with E-state index in [9.17, 15) is 18.0 Å².